The van der Waals surface area contributed by atoms with Crippen LogP contribution in [0.3, 0.4) is 0 Å². The van der Waals surface area contributed by atoms with Gasteiger partial charge in [-0.2, -0.15) is 0 Å². The van der Waals surface area contributed by atoms with Crippen LogP contribution < -0.4 is 5.73 Å². The van der Waals surface area contributed by atoms with Crippen molar-refractivity contribution >= 4 is 34.5 Å². The summed E-state index contributed by atoms with van der Waals surface area (Å²) in [5, 5.41) is 0. The smallest absolute Gasteiger partial charge is 0.0991 e. The van der Waals surface area contributed by atoms with E-state index < -0.39 is 0 Å². The largest absolute Gasteiger partial charge is 0.324 e. The fraction of sp³-hybridized carbons (Fsp3) is 0.636. The van der Waals surface area contributed by atoms with Crippen molar-refractivity contribution in [2.45, 2.75) is 25.3 Å². The molecule has 0 amide bonds. The molecule has 2 fully saturated rings. The van der Waals surface area contributed by atoms with Crippen LogP contribution in [0.1, 0.15) is 30.9 Å². The topological polar surface area (TPSA) is 26.0 Å². The van der Waals surface area contributed by atoms with Crippen LogP contribution in [0, 0.1) is 17.8 Å². The minimum atomic E-state index is 0.108. The lowest BCUT2D eigenvalue weighted by Gasteiger charge is -2.12. The first kappa shape index (κ1) is 10.4. The Hall–Kier alpha value is 0.240. The Morgan fingerprint density at radius 1 is 1.33 bits per heavy atom. The van der Waals surface area contributed by atoms with E-state index >= 15 is 0 Å². The van der Waals surface area contributed by atoms with Gasteiger partial charge in [-0.1, -0.05) is 29.6 Å². The summed E-state index contributed by atoms with van der Waals surface area (Å²) in [7, 11) is 0. The first-order valence-electron chi connectivity index (χ1n) is 5.39. The number of fused-ring (bicyclic) bond motifs is 1. The third-order valence-electron chi connectivity index (χ3n) is 3.93. The zero-order valence-corrected chi connectivity index (χ0v) is 10.6. The average Bonchev–Trinajstić information content (AvgIpc) is 2.58. The normalized spacial score (nSPS) is 35.3. The third-order valence-corrected chi connectivity index (χ3v) is 5.45. The second-order valence-corrected chi connectivity index (χ2v) is 6.93. The number of hydrogen-bond donors (Lipinski definition) is 1. The molecule has 1 nitrogen and oxygen atoms in total. The van der Waals surface area contributed by atoms with E-state index in [1.54, 1.807) is 0 Å². The Labute approximate surface area is 104 Å². The van der Waals surface area contributed by atoms with Gasteiger partial charge >= 0.3 is 0 Å². The van der Waals surface area contributed by atoms with Gasteiger partial charge < -0.3 is 5.73 Å². The van der Waals surface area contributed by atoms with Crippen molar-refractivity contribution in [3.63, 3.8) is 0 Å². The molecule has 3 rings (SSSR count). The highest BCUT2D eigenvalue weighted by Crippen LogP contribution is 2.62. The van der Waals surface area contributed by atoms with E-state index in [-0.39, 0.29) is 6.04 Å². The summed E-state index contributed by atoms with van der Waals surface area (Å²) < 4.78 is 1.52. The van der Waals surface area contributed by atoms with E-state index in [2.05, 4.69) is 0 Å². The molecule has 2 aliphatic carbocycles. The summed E-state index contributed by atoms with van der Waals surface area (Å²) in [6.07, 6.45) is 4.10. The van der Waals surface area contributed by atoms with Crippen molar-refractivity contribution in [3.05, 3.63) is 20.3 Å². The molecule has 15 heavy (non-hydrogen) atoms. The summed E-state index contributed by atoms with van der Waals surface area (Å²) >= 11 is 13.5. The van der Waals surface area contributed by atoms with E-state index in [1.807, 2.05) is 6.07 Å². The van der Waals surface area contributed by atoms with Gasteiger partial charge in [0.1, 0.15) is 0 Å². The van der Waals surface area contributed by atoms with E-state index in [1.165, 1.54) is 30.6 Å². The first-order valence-corrected chi connectivity index (χ1v) is 6.96. The fourth-order valence-electron chi connectivity index (χ4n) is 3.20. The van der Waals surface area contributed by atoms with Crippen LogP contribution in [0.5, 0.6) is 0 Å². The maximum absolute atomic E-state index is 6.27. The third kappa shape index (κ3) is 1.62. The number of halogens is 2. The van der Waals surface area contributed by atoms with E-state index in [0.717, 1.165) is 26.1 Å². The fourth-order valence-corrected chi connectivity index (χ4v) is 4.76. The molecule has 4 heteroatoms. The number of thiophene rings is 1. The van der Waals surface area contributed by atoms with Crippen LogP contribution in [-0.2, 0) is 0 Å². The molecule has 0 bridgehead atoms. The first-order chi connectivity index (χ1) is 7.18. The molecule has 0 aromatic carbocycles. The minimum absolute atomic E-state index is 0.108. The van der Waals surface area contributed by atoms with Crippen LogP contribution in [0.2, 0.25) is 8.67 Å². The second kappa shape index (κ2) is 3.63. The molecular weight excluding hydrogens is 249 g/mol. The van der Waals surface area contributed by atoms with Crippen molar-refractivity contribution in [1.29, 1.82) is 0 Å². The van der Waals surface area contributed by atoms with Crippen LogP contribution >= 0.6 is 34.5 Å². The lowest BCUT2D eigenvalue weighted by Crippen LogP contribution is -2.15. The molecule has 1 aromatic rings. The van der Waals surface area contributed by atoms with Crippen molar-refractivity contribution < 1.29 is 0 Å². The summed E-state index contributed by atoms with van der Waals surface area (Å²) in [5.74, 6) is 2.41. The molecule has 1 aromatic heterocycles. The Bertz CT molecular complexity index is 380. The maximum Gasteiger partial charge on any atom is 0.0991 e. The molecular formula is C11H13Cl2NS. The molecule has 1 heterocycles. The summed E-state index contributed by atoms with van der Waals surface area (Å²) in [6.45, 7) is 0. The van der Waals surface area contributed by atoms with Gasteiger partial charge in [-0.15, -0.1) is 11.3 Å². The van der Waals surface area contributed by atoms with Gasteiger partial charge in [-0.05, 0) is 36.7 Å². The Kier molecular flexibility index (Phi) is 2.51. The van der Waals surface area contributed by atoms with Gasteiger partial charge in [0.2, 0.25) is 0 Å². The average molecular weight is 262 g/mol. The van der Waals surface area contributed by atoms with Crippen molar-refractivity contribution in [1.82, 2.24) is 0 Å². The Morgan fingerprint density at radius 3 is 2.53 bits per heavy atom. The molecule has 0 spiro atoms. The van der Waals surface area contributed by atoms with Gasteiger partial charge in [0.05, 0.1) is 8.67 Å². The zero-order valence-electron chi connectivity index (χ0n) is 8.25. The Balaban J connectivity index is 1.80. The second-order valence-electron chi connectivity index (χ2n) is 4.64. The quantitative estimate of drug-likeness (QED) is 0.853. The molecule has 3 unspecified atom stereocenters. The molecule has 2 saturated carbocycles. The lowest BCUT2D eigenvalue weighted by molar-refractivity contribution is 0.503. The number of nitrogens with two attached hydrogens (primary N) is 1. The Morgan fingerprint density at radius 2 is 2.00 bits per heavy atom. The van der Waals surface area contributed by atoms with Crippen LogP contribution in [-0.4, -0.2) is 0 Å². The highest BCUT2D eigenvalue weighted by molar-refractivity contribution is 7.20. The molecule has 0 aliphatic heterocycles. The SMILES string of the molecule is NC(c1cc(Cl)sc1Cl)C1C2CCCC21. The van der Waals surface area contributed by atoms with Gasteiger partial charge in [0.15, 0.2) is 0 Å². The van der Waals surface area contributed by atoms with E-state index in [4.69, 9.17) is 28.9 Å². The lowest BCUT2D eigenvalue weighted by atomic mass is 10.0. The van der Waals surface area contributed by atoms with Gasteiger partial charge in [-0.3, -0.25) is 0 Å². The zero-order chi connectivity index (χ0) is 10.6. The highest BCUT2D eigenvalue weighted by atomic mass is 35.5. The van der Waals surface area contributed by atoms with Crippen LogP contribution in [0.4, 0.5) is 0 Å². The molecule has 0 radical (unpaired) electrons. The van der Waals surface area contributed by atoms with Gasteiger partial charge in [-0.25, -0.2) is 0 Å². The van der Waals surface area contributed by atoms with Crippen molar-refractivity contribution in [2.75, 3.05) is 0 Å². The highest BCUT2D eigenvalue weighted by Gasteiger charge is 2.55. The number of rotatable bonds is 2. The predicted octanol–water partition coefficient (Wildman–Crippen LogP) is 4.10. The predicted molar refractivity (Wildman–Crippen MR) is 65.6 cm³/mol. The van der Waals surface area contributed by atoms with Crippen LogP contribution in [0.25, 0.3) is 0 Å². The monoisotopic (exact) mass is 261 g/mol. The maximum atomic E-state index is 6.27. The van der Waals surface area contributed by atoms with Crippen molar-refractivity contribution in [3.8, 4) is 0 Å². The van der Waals surface area contributed by atoms with Crippen molar-refractivity contribution in [2.24, 2.45) is 23.5 Å². The van der Waals surface area contributed by atoms with Crippen LogP contribution in [0.15, 0.2) is 6.07 Å². The van der Waals surface area contributed by atoms with Gasteiger partial charge in [0, 0.05) is 11.6 Å². The number of hydrogen-bond acceptors (Lipinski definition) is 2. The standard InChI is InChI=1S/C11H13Cl2NS/c12-8-4-7(11(13)15-8)10(14)9-5-2-1-3-6(5)9/h4-6,9-10H,1-3,14H2. The minimum Gasteiger partial charge on any atom is -0.324 e. The van der Waals surface area contributed by atoms with Gasteiger partial charge in [0.25, 0.3) is 0 Å². The molecule has 0 saturated heterocycles. The molecule has 2 aliphatic rings. The summed E-state index contributed by atoms with van der Waals surface area (Å²) in [5.41, 5.74) is 7.33. The summed E-state index contributed by atoms with van der Waals surface area (Å²) in [6, 6.07) is 2.05. The molecule has 82 valence electrons. The molecule has 2 N–H and O–H groups in total. The van der Waals surface area contributed by atoms with E-state index in [0.29, 0.717) is 5.92 Å². The van der Waals surface area contributed by atoms with E-state index in [9.17, 15) is 0 Å². The summed E-state index contributed by atoms with van der Waals surface area (Å²) in [4.78, 5) is 0. The molecule has 3 atom stereocenters.